The minimum Gasteiger partial charge on any atom is -0.218 e. The molecule has 0 fully saturated rings. The van der Waals surface area contributed by atoms with Crippen LogP contribution in [0.5, 0.6) is 0 Å². The Labute approximate surface area is 64.7 Å². The first-order valence-electron chi connectivity index (χ1n) is 4.06. The Morgan fingerprint density at radius 3 is 1.90 bits per heavy atom. The van der Waals surface area contributed by atoms with Crippen molar-refractivity contribution >= 4 is 8.80 Å². The molecule has 0 aromatic rings. The van der Waals surface area contributed by atoms with Gasteiger partial charge in [-0.1, -0.05) is 45.4 Å². The zero-order chi connectivity index (χ0) is 7.98. The van der Waals surface area contributed by atoms with E-state index in [1.54, 1.807) is 0 Å². The van der Waals surface area contributed by atoms with Crippen LogP contribution in [0.25, 0.3) is 0 Å². The summed E-state index contributed by atoms with van der Waals surface area (Å²) in [6.45, 7) is 7.61. The van der Waals surface area contributed by atoms with Gasteiger partial charge in [-0.05, 0) is 0 Å². The van der Waals surface area contributed by atoms with Crippen molar-refractivity contribution < 1.29 is 4.39 Å². The van der Waals surface area contributed by atoms with Crippen LogP contribution in [0.3, 0.4) is 0 Å². The Kier molecular flexibility index (Phi) is 5.59. The molecule has 0 spiro atoms. The van der Waals surface area contributed by atoms with Gasteiger partial charge in [-0.25, -0.2) is 4.39 Å². The van der Waals surface area contributed by atoms with E-state index in [0.29, 0.717) is 0 Å². The third-order valence-electron chi connectivity index (χ3n) is 1.72. The minimum absolute atomic E-state index is 0.00343. The molecule has 0 bridgehead atoms. The lowest BCUT2D eigenvalue weighted by atomic mass is 10.6. The van der Waals surface area contributed by atoms with Crippen LogP contribution in [0.1, 0.15) is 26.7 Å². The Hall–Kier alpha value is -0.113. The van der Waals surface area contributed by atoms with E-state index in [4.69, 9.17) is 0 Å². The quantitative estimate of drug-likeness (QED) is 0.542. The van der Waals surface area contributed by atoms with Gasteiger partial charge in [0.1, 0.15) is 8.80 Å². The average molecular weight is 160 g/mol. The minimum atomic E-state index is -1.17. The fourth-order valence-electron chi connectivity index (χ4n) is 1.15. The third-order valence-corrected chi connectivity index (χ3v) is 5.15. The van der Waals surface area contributed by atoms with E-state index in [2.05, 4.69) is 20.4 Å². The summed E-state index contributed by atoms with van der Waals surface area (Å²) in [6.07, 6.45) is 2.22. The Bertz CT molecular complexity index is 95.4. The van der Waals surface area contributed by atoms with Crippen LogP contribution in [0.2, 0.25) is 12.1 Å². The van der Waals surface area contributed by atoms with Crippen LogP contribution >= 0.6 is 0 Å². The van der Waals surface area contributed by atoms with E-state index in [-0.39, 0.29) is 5.45 Å². The van der Waals surface area contributed by atoms with Gasteiger partial charge in [0.2, 0.25) is 0 Å². The summed E-state index contributed by atoms with van der Waals surface area (Å²) < 4.78 is 12.6. The number of halogens is 1. The maximum Gasteiger partial charge on any atom is 0.107 e. The van der Waals surface area contributed by atoms with Crippen molar-refractivity contribution in [3.05, 3.63) is 12.0 Å². The van der Waals surface area contributed by atoms with Gasteiger partial charge >= 0.3 is 0 Å². The average Bonchev–Trinajstić information content (AvgIpc) is 1.87. The summed E-state index contributed by atoms with van der Waals surface area (Å²) in [5.41, 5.74) is 0.00343. The number of rotatable bonds is 5. The van der Waals surface area contributed by atoms with Gasteiger partial charge < -0.3 is 0 Å². The molecule has 0 rings (SSSR count). The molecule has 0 saturated carbocycles. The van der Waals surface area contributed by atoms with E-state index in [1.807, 2.05) is 0 Å². The molecule has 60 valence electrons. The van der Waals surface area contributed by atoms with E-state index >= 15 is 0 Å². The van der Waals surface area contributed by atoms with E-state index in [0.717, 1.165) is 24.9 Å². The van der Waals surface area contributed by atoms with Gasteiger partial charge in [0, 0.05) is 0 Å². The topological polar surface area (TPSA) is 0 Å². The van der Waals surface area contributed by atoms with Crippen LogP contribution < -0.4 is 0 Å². The highest BCUT2D eigenvalue weighted by atomic mass is 28.3. The number of hydrogen-bond acceptors (Lipinski definition) is 0. The first kappa shape index (κ1) is 9.89. The van der Waals surface area contributed by atoms with Gasteiger partial charge in [0.15, 0.2) is 0 Å². The largest absolute Gasteiger partial charge is 0.218 e. The SMILES string of the molecule is C=C(F)[SiH](CCC)CCC. The number of hydrogen-bond donors (Lipinski definition) is 0. The van der Waals surface area contributed by atoms with Gasteiger partial charge in [-0.2, -0.15) is 0 Å². The van der Waals surface area contributed by atoms with Crippen molar-refractivity contribution in [1.29, 1.82) is 0 Å². The fraction of sp³-hybridized carbons (Fsp3) is 0.750. The molecule has 0 aromatic heterocycles. The summed E-state index contributed by atoms with van der Waals surface area (Å²) in [5, 5.41) is 0. The molecule has 0 radical (unpaired) electrons. The second-order valence-corrected chi connectivity index (χ2v) is 5.90. The molecule has 0 atom stereocenters. The van der Waals surface area contributed by atoms with Crippen LogP contribution in [-0.2, 0) is 0 Å². The molecule has 0 heterocycles. The van der Waals surface area contributed by atoms with Crippen LogP contribution in [0, 0.1) is 0 Å². The molecule has 0 aliphatic heterocycles. The van der Waals surface area contributed by atoms with Crippen molar-refractivity contribution in [2.75, 3.05) is 0 Å². The summed E-state index contributed by atoms with van der Waals surface area (Å²) in [5.74, 6) is 0. The second-order valence-electron chi connectivity index (χ2n) is 2.72. The normalized spacial score (nSPS) is 10.4. The summed E-state index contributed by atoms with van der Waals surface area (Å²) in [7, 11) is -1.17. The highest BCUT2D eigenvalue weighted by Crippen LogP contribution is 2.13. The molecule has 0 N–H and O–H groups in total. The molecule has 2 heteroatoms. The molecular formula is C8H17FSi. The first-order valence-corrected chi connectivity index (χ1v) is 6.27. The van der Waals surface area contributed by atoms with Crippen molar-refractivity contribution in [1.82, 2.24) is 0 Å². The smallest absolute Gasteiger partial charge is 0.107 e. The standard InChI is InChI=1S/C8H17FSi/c1-4-6-10(7-5-2)8(3)9/h10H,3-7H2,1-2H3. The summed E-state index contributed by atoms with van der Waals surface area (Å²) >= 11 is 0. The Morgan fingerprint density at radius 2 is 1.70 bits per heavy atom. The summed E-state index contributed by atoms with van der Waals surface area (Å²) in [6, 6.07) is 2.17. The molecular weight excluding hydrogens is 143 g/mol. The molecule has 0 unspecified atom stereocenters. The Morgan fingerprint density at radius 1 is 1.30 bits per heavy atom. The third kappa shape index (κ3) is 3.83. The predicted molar refractivity (Wildman–Crippen MR) is 47.6 cm³/mol. The zero-order valence-electron chi connectivity index (χ0n) is 6.99. The Balaban J connectivity index is 3.61. The van der Waals surface area contributed by atoms with Gasteiger partial charge in [0.05, 0.1) is 5.45 Å². The van der Waals surface area contributed by atoms with Gasteiger partial charge in [-0.15, -0.1) is 0 Å². The van der Waals surface area contributed by atoms with E-state index in [9.17, 15) is 4.39 Å². The zero-order valence-corrected chi connectivity index (χ0v) is 8.15. The van der Waals surface area contributed by atoms with Crippen LogP contribution in [0.15, 0.2) is 12.0 Å². The van der Waals surface area contributed by atoms with E-state index in [1.165, 1.54) is 0 Å². The maximum atomic E-state index is 12.6. The monoisotopic (exact) mass is 160 g/mol. The van der Waals surface area contributed by atoms with Crippen LogP contribution in [-0.4, -0.2) is 8.80 Å². The fourth-order valence-corrected chi connectivity index (χ4v) is 3.46. The highest BCUT2D eigenvalue weighted by Gasteiger charge is 2.11. The molecule has 0 aromatic carbocycles. The molecule has 0 amide bonds. The molecule has 0 aliphatic rings. The van der Waals surface area contributed by atoms with Crippen molar-refractivity contribution in [2.45, 2.75) is 38.8 Å². The highest BCUT2D eigenvalue weighted by molar-refractivity contribution is 6.65. The van der Waals surface area contributed by atoms with Crippen molar-refractivity contribution in [3.63, 3.8) is 0 Å². The first-order chi connectivity index (χ1) is 4.72. The lowest BCUT2D eigenvalue weighted by Crippen LogP contribution is -2.11. The van der Waals surface area contributed by atoms with Crippen molar-refractivity contribution in [2.24, 2.45) is 0 Å². The summed E-state index contributed by atoms with van der Waals surface area (Å²) in [4.78, 5) is 0. The molecule has 10 heavy (non-hydrogen) atoms. The lowest BCUT2D eigenvalue weighted by molar-refractivity contribution is 0.685. The van der Waals surface area contributed by atoms with Gasteiger partial charge in [-0.3, -0.25) is 0 Å². The van der Waals surface area contributed by atoms with Crippen molar-refractivity contribution in [3.8, 4) is 0 Å². The second kappa shape index (κ2) is 5.66. The molecule has 0 saturated heterocycles. The van der Waals surface area contributed by atoms with Gasteiger partial charge in [0.25, 0.3) is 0 Å². The van der Waals surface area contributed by atoms with Crippen LogP contribution in [0.4, 0.5) is 4.39 Å². The van der Waals surface area contributed by atoms with E-state index < -0.39 is 8.80 Å². The molecule has 0 nitrogen and oxygen atoms in total. The molecule has 0 aliphatic carbocycles. The lowest BCUT2D eigenvalue weighted by Gasteiger charge is -2.08. The predicted octanol–water partition coefficient (Wildman–Crippen LogP) is 3.06. The maximum absolute atomic E-state index is 12.6.